The topological polar surface area (TPSA) is 65.4 Å². The molecule has 0 bridgehead atoms. The van der Waals surface area contributed by atoms with E-state index in [4.69, 9.17) is 4.74 Å². The Hall–Kier alpha value is -3.52. The van der Waals surface area contributed by atoms with Gasteiger partial charge in [-0.1, -0.05) is 19.1 Å². The highest BCUT2D eigenvalue weighted by molar-refractivity contribution is 6.10. The van der Waals surface area contributed by atoms with Crippen molar-refractivity contribution in [3.05, 3.63) is 64.7 Å². The molecule has 0 spiro atoms. The van der Waals surface area contributed by atoms with Crippen LogP contribution in [0.4, 0.5) is 11.4 Å². The first-order valence-electron chi connectivity index (χ1n) is 11.5. The third kappa shape index (κ3) is 5.28. The van der Waals surface area contributed by atoms with Gasteiger partial charge in [-0.2, -0.15) is 5.26 Å². The van der Waals surface area contributed by atoms with E-state index in [2.05, 4.69) is 62.2 Å². The molecule has 1 heterocycles. The molecule has 0 aliphatic carbocycles. The van der Waals surface area contributed by atoms with Crippen molar-refractivity contribution in [2.75, 3.05) is 23.4 Å². The van der Waals surface area contributed by atoms with Crippen LogP contribution in [-0.4, -0.2) is 24.6 Å². The number of nitrogens with zero attached hydrogens (tertiary/aromatic N) is 2. The number of nitrogens with one attached hydrogen (secondary N) is 1. The van der Waals surface area contributed by atoms with Crippen LogP contribution >= 0.6 is 0 Å². The Morgan fingerprint density at radius 2 is 1.97 bits per heavy atom. The van der Waals surface area contributed by atoms with Crippen LogP contribution < -0.4 is 15.0 Å². The van der Waals surface area contributed by atoms with Gasteiger partial charge >= 0.3 is 0 Å². The lowest BCUT2D eigenvalue weighted by Crippen LogP contribution is -2.45. The molecule has 2 aromatic carbocycles. The van der Waals surface area contributed by atoms with Gasteiger partial charge in [-0.15, -0.1) is 0 Å². The van der Waals surface area contributed by atoms with Gasteiger partial charge in [0.05, 0.1) is 12.1 Å². The molecule has 172 valence electrons. The van der Waals surface area contributed by atoms with Crippen molar-refractivity contribution in [2.24, 2.45) is 0 Å². The SMILES string of the molecule is CCCN1c2cc(C)c(/C=C(\C#N)C(=O)Nc3cccc(OCC)c3)cc2C(C)=CC1(C)C. The first-order chi connectivity index (χ1) is 15.7. The summed E-state index contributed by atoms with van der Waals surface area (Å²) in [6.45, 7) is 14.2. The molecule has 1 amide bonds. The fourth-order valence-electron chi connectivity index (χ4n) is 4.37. The summed E-state index contributed by atoms with van der Waals surface area (Å²) in [5.74, 6) is 0.231. The summed E-state index contributed by atoms with van der Waals surface area (Å²) in [6, 6.07) is 13.5. The van der Waals surface area contributed by atoms with E-state index < -0.39 is 5.91 Å². The average Bonchev–Trinajstić information content (AvgIpc) is 2.75. The molecule has 0 saturated heterocycles. The van der Waals surface area contributed by atoms with Crippen molar-refractivity contribution >= 4 is 28.9 Å². The number of fused-ring (bicyclic) bond motifs is 1. The summed E-state index contributed by atoms with van der Waals surface area (Å²) in [5, 5.41) is 12.5. The number of anilines is 2. The predicted molar refractivity (Wildman–Crippen MR) is 136 cm³/mol. The number of hydrogen-bond donors (Lipinski definition) is 1. The van der Waals surface area contributed by atoms with Crippen molar-refractivity contribution in [1.82, 2.24) is 0 Å². The van der Waals surface area contributed by atoms with E-state index in [0.29, 0.717) is 18.0 Å². The van der Waals surface area contributed by atoms with Crippen LogP contribution in [0, 0.1) is 18.3 Å². The normalized spacial score (nSPS) is 14.8. The third-order valence-electron chi connectivity index (χ3n) is 5.88. The molecular formula is C28H33N3O2. The monoisotopic (exact) mass is 443 g/mol. The molecule has 0 saturated carbocycles. The van der Waals surface area contributed by atoms with Crippen molar-refractivity contribution < 1.29 is 9.53 Å². The van der Waals surface area contributed by atoms with Gasteiger partial charge in [0, 0.05) is 29.5 Å². The van der Waals surface area contributed by atoms with Crippen LogP contribution in [0.3, 0.4) is 0 Å². The van der Waals surface area contributed by atoms with Crippen LogP contribution in [-0.2, 0) is 4.79 Å². The second kappa shape index (κ2) is 9.95. The first kappa shape index (κ1) is 24.1. The van der Waals surface area contributed by atoms with Crippen molar-refractivity contribution in [1.29, 1.82) is 5.26 Å². The molecule has 5 heteroatoms. The minimum atomic E-state index is -0.440. The summed E-state index contributed by atoms with van der Waals surface area (Å²) in [6.07, 6.45) is 5.02. The maximum atomic E-state index is 12.8. The van der Waals surface area contributed by atoms with Crippen LogP contribution in [0.1, 0.15) is 57.7 Å². The van der Waals surface area contributed by atoms with Crippen molar-refractivity contribution in [2.45, 2.75) is 53.5 Å². The summed E-state index contributed by atoms with van der Waals surface area (Å²) < 4.78 is 5.49. The Kier molecular flexibility index (Phi) is 7.28. The zero-order valence-corrected chi connectivity index (χ0v) is 20.5. The Morgan fingerprint density at radius 3 is 2.64 bits per heavy atom. The summed E-state index contributed by atoms with van der Waals surface area (Å²) in [7, 11) is 0. The molecule has 1 N–H and O–H groups in total. The van der Waals surface area contributed by atoms with Crippen LogP contribution in [0.25, 0.3) is 11.6 Å². The second-order valence-electron chi connectivity index (χ2n) is 8.94. The van der Waals surface area contributed by atoms with Gasteiger partial charge in [-0.3, -0.25) is 4.79 Å². The molecule has 0 aromatic heterocycles. The summed E-state index contributed by atoms with van der Waals surface area (Å²) >= 11 is 0. The predicted octanol–water partition coefficient (Wildman–Crippen LogP) is 6.35. The van der Waals surface area contributed by atoms with Crippen molar-refractivity contribution in [3.8, 4) is 11.8 Å². The zero-order valence-electron chi connectivity index (χ0n) is 20.5. The minimum absolute atomic E-state index is 0.0584. The number of allylic oxidation sites excluding steroid dienone is 1. The lowest BCUT2D eigenvalue weighted by Gasteiger charge is -2.43. The Balaban J connectivity index is 1.95. The highest BCUT2D eigenvalue weighted by Crippen LogP contribution is 2.40. The highest BCUT2D eigenvalue weighted by Gasteiger charge is 2.31. The van der Waals surface area contributed by atoms with E-state index >= 15 is 0 Å². The number of carbonyl (C=O) groups excluding carboxylic acids is 1. The number of hydrogen-bond acceptors (Lipinski definition) is 4. The third-order valence-corrected chi connectivity index (χ3v) is 5.88. The molecule has 0 atom stereocenters. The largest absolute Gasteiger partial charge is 0.494 e. The summed E-state index contributed by atoms with van der Waals surface area (Å²) in [5.41, 5.74) is 6.02. The van der Waals surface area contributed by atoms with E-state index in [-0.39, 0.29) is 11.1 Å². The molecule has 0 radical (unpaired) electrons. The number of nitriles is 1. The smallest absolute Gasteiger partial charge is 0.266 e. The molecule has 5 nitrogen and oxygen atoms in total. The summed E-state index contributed by atoms with van der Waals surface area (Å²) in [4.78, 5) is 15.3. The first-order valence-corrected chi connectivity index (χ1v) is 11.5. The number of amides is 1. The van der Waals surface area contributed by atoms with Crippen LogP contribution in [0.15, 0.2) is 48.0 Å². The number of rotatable bonds is 7. The average molecular weight is 444 g/mol. The maximum Gasteiger partial charge on any atom is 0.266 e. The second-order valence-corrected chi connectivity index (χ2v) is 8.94. The van der Waals surface area contributed by atoms with E-state index in [0.717, 1.165) is 29.7 Å². The lowest BCUT2D eigenvalue weighted by atomic mass is 9.86. The maximum absolute atomic E-state index is 12.8. The van der Waals surface area contributed by atoms with E-state index in [9.17, 15) is 10.1 Å². The van der Waals surface area contributed by atoms with Gasteiger partial charge in [0.15, 0.2) is 0 Å². The number of aryl methyl sites for hydroxylation is 1. The van der Waals surface area contributed by atoms with E-state index in [1.165, 1.54) is 11.3 Å². The van der Waals surface area contributed by atoms with Crippen LogP contribution in [0.2, 0.25) is 0 Å². The fraction of sp³-hybridized carbons (Fsp3) is 0.357. The fourth-order valence-corrected chi connectivity index (χ4v) is 4.37. The Bertz CT molecular complexity index is 1150. The quantitative estimate of drug-likeness (QED) is 0.400. The van der Waals surface area contributed by atoms with Crippen molar-refractivity contribution in [3.63, 3.8) is 0 Å². The number of ether oxygens (including phenoxy) is 1. The van der Waals surface area contributed by atoms with Gasteiger partial charge in [0.2, 0.25) is 0 Å². The number of benzene rings is 2. The molecule has 0 fully saturated rings. The van der Waals surface area contributed by atoms with Gasteiger partial charge in [0.1, 0.15) is 17.4 Å². The zero-order chi connectivity index (χ0) is 24.2. The van der Waals surface area contributed by atoms with Gasteiger partial charge in [-0.25, -0.2) is 0 Å². The molecule has 3 rings (SSSR count). The van der Waals surface area contributed by atoms with Gasteiger partial charge in [0.25, 0.3) is 5.91 Å². The Morgan fingerprint density at radius 1 is 1.21 bits per heavy atom. The molecule has 33 heavy (non-hydrogen) atoms. The van der Waals surface area contributed by atoms with Gasteiger partial charge < -0.3 is 15.0 Å². The lowest BCUT2D eigenvalue weighted by molar-refractivity contribution is -0.112. The van der Waals surface area contributed by atoms with E-state index in [1.807, 2.05) is 26.0 Å². The molecule has 1 aliphatic rings. The minimum Gasteiger partial charge on any atom is -0.494 e. The number of carbonyl (C=O) groups is 1. The van der Waals surface area contributed by atoms with Gasteiger partial charge in [-0.05, 0) is 88.1 Å². The molecular weight excluding hydrogens is 410 g/mol. The van der Waals surface area contributed by atoms with Crippen LogP contribution in [0.5, 0.6) is 5.75 Å². The van der Waals surface area contributed by atoms with E-state index in [1.54, 1.807) is 18.2 Å². The standard InChI is InChI=1S/C28H33N3O2/c1-7-12-31-26-13-19(3)21(15-25(26)20(4)17-28(31,5)6)14-22(18-29)27(32)30-23-10-9-11-24(16-23)33-8-2/h9-11,13-17H,7-8,12H2,1-6H3,(H,30,32)/b22-14+. The highest BCUT2D eigenvalue weighted by atomic mass is 16.5. The molecule has 1 aliphatic heterocycles. The molecule has 2 aromatic rings. The molecule has 0 unspecified atom stereocenters. The Labute approximate surface area is 197 Å².